The van der Waals surface area contributed by atoms with E-state index in [0.717, 1.165) is 4.90 Å². The Morgan fingerprint density at radius 3 is 1.43 bits per heavy atom. The number of hydrogen-bond donors (Lipinski definition) is 0. The van der Waals surface area contributed by atoms with Crippen LogP contribution in [-0.4, -0.2) is 47.9 Å². The van der Waals surface area contributed by atoms with Gasteiger partial charge in [-0.1, -0.05) is 0 Å². The lowest BCUT2D eigenvalue weighted by atomic mass is 9.98. The van der Waals surface area contributed by atoms with Gasteiger partial charge in [0.1, 0.15) is 0 Å². The molecule has 1 aliphatic rings. The number of nitrogens with zero attached hydrogens (tertiary/aromatic N) is 1. The van der Waals surface area contributed by atoms with Crippen LogP contribution >= 0.6 is 0 Å². The van der Waals surface area contributed by atoms with E-state index in [1.165, 1.54) is 0 Å². The minimum Gasteiger partial charge on any atom is -0.377 e. The summed E-state index contributed by atoms with van der Waals surface area (Å²) in [6, 6.07) is 0. The second kappa shape index (κ2) is 5.69. The number of rotatable bonds is 5. The smallest absolute Gasteiger partial charge is 0.377 e. The molecular weight excluding hydrogens is 355 g/mol. The average Bonchev–Trinajstić information content (AvgIpc) is 2.87. The third kappa shape index (κ3) is 3.21. The van der Waals surface area contributed by atoms with Gasteiger partial charge in [-0.05, 0) is 12.8 Å². The SMILES string of the molecule is FC(F)(F)C(F)(F)C(F)(F)C(F)(F)C(F)(F)/C=C/N1CCCC1. The summed E-state index contributed by atoms with van der Waals surface area (Å²) in [4.78, 5) is 1.02. The van der Waals surface area contributed by atoms with Gasteiger partial charge < -0.3 is 4.90 Å². The minimum absolute atomic E-state index is 0.132. The number of halogens is 11. The molecule has 12 heteroatoms. The maximum Gasteiger partial charge on any atom is 0.460 e. The Balaban J connectivity index is 3.15. The van der Waals surface area contributed by atoms with E-state index >= 15 is 0 Å². The van der Waals surface area contributed by atoms with Crippen molar-refractivity contribution in [1.29, 1.82) is 0 Å². The zero-order valence-corrected chi connectivity index (χ0v) is 11.1. The van der Waals surface area contributed by atoms with Crippen LogP contribution in [-0.2, 0) is 0 Å². The summed E-state index contributed by atoms with van der Waals surface area (Å²) in [7, 11) is 0. The number of allylic oxidation sites excluding steroid dienone is 1. The van der Waals surface area contributed by atoms with Crippen molar-refractivity contribution < 1.29 is 48.3 Å². The Kier molecular flexibility index (Phi) is 4.90. The number of alkyl halides is 11. The van der Waals surface area contributed by atoms with Crippen molar-refractivity contribution in [3.8, 4) is 0 Å². The van der Waals surface area contributed by atoms with Gasteiger partial charge in [0.2, 0.25) is 0 Å². The van der Waals surface area contributed by atoms with E-state index in [1.54, 1.807) is 0 Å². The Labute approximate surface area is 122 Å². The molecule has 0 spiro atoms. The van der Waals surface area contributed by atoms with Crippen molar-refractivity contribution in [2.75, 3.05) is 13.1 Å². The zero-order valence-electron chi connectivity index (χ0n) is 11.1. The molecule has 0 N–H and O–H groups in total. The van der Waals surface area contributed by atoms with Crippen LogP contribution in [0.1, 0.15) is 12.8 Å². The summed E-state index contributed by atoms with van der Waals surface area (Å²) >= 11 is 0. The molecule has 0 aromatic heterocycles. The maximum absolute atomic E-state index is 13.2. The summed E-state index contributed by atoms with van der Waals surface area (Å²) in [5.41, 5.74) is 0. The molecule has 0 aromatic rings. The predicted molar refractivity (Wildman–Crippen MR) is 55.8 cm³/mol. The van der Waals surface area contributed by atoms with Crippen LogP contribution in [0, 0.1) is 0 Å². The van der Waals surface area contributed by atoms with Crippen molar-refractivity contribution in [1.82, 2.24) is 4.90 Å². The highest BCUT2D eigenvalue weighted by Crippen LogP contribution is 2.57. The Bertz CT molecular complexity index is 445. The van der Waals surface area contributed by atoms with Gasteiger partial charge in [0.05, 0.1) is 0 Å². The molecule has 0 aliphatic carbocycles. The van der Waals surface area contributed by atoms with E-state index in [0.29, 0.717) is 12.8 Å². The van der Waals surface area contributed by atoms with Crippen molar-refractivity contribution in [2.45, 2.75) is 42.7 Å². The molecule has 1 aliphatic heterocycles. The Morgan fingerprint density at radius 1 is 0.609 bits per heavy atom. The third-order valence-electron chi connectivity index (χ3n) is 3.20. The average molecular weight is 365 g/mol. The molecule has 1 saturated heterocycles. The second-order valence-corrected chi connectivity index (χ2v) is 4.90. The fourth-order valence-corrected chi connectivity index (χ4v) is 1.78. The molecule has 0 amide bonds. The molecule has 0 aromatic carbocycles. The molecule has 0 radical (unpaired) electrons. The first kappa shape index (κ1) is 19.8. The van der Waals surface area contributed by atoms with Crippen LogP contribution in [0.5, 0.6) is 0 Å². The first-order valence-corrected chi connectivity index (χ1v) is 6.09. The monoisotopic (exact) mass is 365 g/mol. The van der Waals surface area contributed by atoms with Gasteiger partial charge in [-0.15, -0.1) is 0 Å². The van der Waals surface area contributed by atoms with E-state index in [-0.39, 0.29) is 19.3 Å². The van der Waals surface area contributed by atoms with Gasteiger partial charge in [-0.25, -0.2) is 0 Å². The highest BCUT2D eigenvalue weighted by atomic mass is 19.4. The fourth-order valence-electron chi connectivity index (χ4n) is 1.78. The van der Waals surface area contributed by atoms with Crippen LogP contribution in [0.25, 0.3) is 0 Å². The van der Waals surface area contributed by atoms with Gasteiger partial charge in [0.15, 0.2) is 0 Å². The lowest BCUT2D eigenvalue weighted by Gasteiger charge is -2.36. The summed E-state index contributed by atoms with van der Waals surface area (Å²) in [5.74, 6) is -27.6. The standard InChI is InChI=1S/C11H10F11N/c12-7(13,3-6-23-4-1-2-5-23)8(14,15)9(16,17)10(18,19)11(20,21)22/h3,6H,1-2,4-5H2/b6-3+. The molecular formula is C11H10F11N. The molecule has 0 unspecified atom stereocenters. The first-order chi connectivity index (χ1) is 10.1. The lowest BCUT2D eigenvalue weighted by molar-refractivity contribution is -0.417. The molecule has 23 heavy (non-hydrogen) atoms. The Hall–Kier alpha value is -1.23. The summed E-state index contributed by atoms with van der Waals surface area (Å²) < 4.78 is 139. The van der Waals surface area contributed by atoms with Crippen LogP contribution in [0.4, 0.5) is 48.3 Å². The summed E-state index contributed by atoms with van der Waals surface area (Å²) in [6.45, 7) is 0.264. The van der Waals surface area contributed by atoms with Gasteiger partial charge in [0.25, 0.3) is 0 Å². The van der Waals surface area contributed by atoms with Crippen molar-refractivity contribution in [3.05, 3.63) is 12.3 Å². The van der Waals surface area contributed by atoms with Crippen molar-refractivity contribution in [3.63, 3.8) is 0 Å². The quantitative estimate of drug-likeness (QED) is 0.639. The molecule has 0 atom stereocenters. The Morgan fingerprint density at radius 2 is 1.04 bits per heavy atom. The number of hydrogen-bond acceptors (Lipinski definition) is 1. The fraction of sp³-hybridized carbons (Fsp3) is 0.818. The van der Waals surface area contributed by atoms with Gasteiger partial charge >= 0.3 is 29.9 Å². The van der Waals surface area contributed by atoms with Crippen LogP contribution in [0.15, 0.2) is 12.3 Å². The van der Waals surface area contributed by atoms with E-state index in [4.69, 9.17) is 0 Å². The van der Waals surface area contributed by atoms with Crippen molar-refractivity contribution in [2.24, 2.45) is 0 Å². The largest absolute Gasteiger partial charge is 0.460 e. The van der Waals surface area contributed by atoms with Crippen LogP contribution < -0.4 is 0 Å². The highest BCUT2D eigenvalue weighted by molar-refractivity contribution is 5.13. The van der Waals surface area contributed by atoms with E-state index in [1.807, 2.05) is 0 Å². The lowest BCUT2D eigenvalue weighted by Crippen LogP contribution is -2.66. The molecule has 0 bridgehead atoms. The molecule has 1 nitrogen and oxygen atoms in total. The molecule has 136 valence electrons. The molecule has 1 fully saturated rings. The molecule has 1 heterocycles. The number of likely N-dealkylation sites (tertiary alicyclic amines) is 1. The van der Waals surface area contributed by atoms with Gasteiger partial charge in [0, 0.05) is 25.4 Å². The molecule has 1 rings (SSSR count). The third-order valence-corrected chi connectivity index (χ3v) is 3.20. The second-order valence-electron chi connectivity index (χ2n) is 4.90. The maximum atomic E-state index is 13.2. The minimum atomic E-state index is -7.35. The first-order valence-electron chi connectivity index (χ1n) is 6.09. The van der Waals surface area contributed by atoms with Gasteiger partial charge in [-0.3, -0.25) is 0 Å². The summed E-state index contributed by atoms with van der Waals surface area (Å²) in [5, 5.41) is 0. The van der Waals surface area contributed by atoms with Crippen LogP contribution in [0.3, 0.4) is 0 Å². The van der Waals surface area contributed by atoms with Crippen molar-refractivity contribution >= 4 is 0 Å². The highest BCUT2D eigenvalue weighted by Gasteiger charge is 2.86. The van der Waals surface area contributed by atoms with E-state index in [9.17, 15) is 48.3 Å². The summed E-state index contributed by atoms with van der Waals surface area (Å²) in [6.07, 6.45) is -6.65. The van der Waals surface area contributed by atoms with E-state index < -0.39 is 35.9 Å². The van der Waals surface area contributed by atoms with E-state index in [2.05, 4.69) is 0 Å². The topological polar surface area (TPSA) is 3.24 Å². The zero-order chi connectivity index (χ0) is 18.3. The van der Waals surface area contributed by atoms with Crippen LogP contribution in [0.2, 0.25) is 0 Å². The predicted octanol–water partition coefficient (Wildman–Crippen LogP) is 4.70. The normalized spacial score (nSPS) is 19.0. The van der Waals surface area contributed by atoms with Gasteiger partial charge in [-0.2, -0.15) is 48.3 Å². The molecule has 0 saturated carbocycles.